The Morgan fingerprint density at radius 3 is 2.82 bits per heavy atom. The third-order valence-corrected chi connectivity index (χ3v) is 2.09. The summed E-state index contributed by atoms with van der Waals surface area (Å²) in [5.74, 6) is -0.416. The maximum atomic E-state index is 11.4. The highest BCUT2D eigenvalue weighted by molar-refractivity contribution is 5.87. The minimum Gasteiger partial charge on any atom is -0.461 e. The molecule has 0 aliphatic rings. The van der Waals surface area contributed by atoms with E-state index in [0.29, 0.717) is 6.61 Å². The van der Waals surface area contributed by atoms with Gasteiger partial charge in [-0.1, -0.05) is 18.2 Å². The molecule has 5 heteroatoms. The first-order valence-electron chi connectivity index (χ1n) is 5.34. The summed E-state index contributed by atoms with van der Waals surface area (Å²) in [6.45, 7) is 2.11. The monoisotopic (exact) mass is 231 g/mol. The maximum absolute atomic E-state index is 11.4. The molecule has 1 N–H and O–H groups in total. The van der Waals surface area contributed by atoms with Crippen molar-refractivity contribution < 1.29 is 9.53 Å². The molecule has 0 saturated heterocycles. The topological polar surface area (TPSA) is 56.1 Å². The molecule has 0 unspecified atom stereocenters. The van der Waals surface area contributed by atoms with Gasteiger partial charge in [0.15, 0.2) is 5.69 Å². The predicted octanol–water partition coefficient (Wildman–Crippen LogP) is 1.93. The first kappa shape index (κ1) is 11.2. The van der Waals surface area contributed by atoms with Gasteiger partial charge in [-0.05, 0) is 25.1 Å². The van der Waals surface area contributed by atoms with Crippen molar-refractivity contribution in [1.82, 2.24) is 9.89 Å². The van der Waals surface area contributed by atoms with Crippen LogP contribution in [0.15, 0.2) is 42.6 Å². The van der Waals surface area contributed by atoms with Gasteiger partial charge in [-0.15, -0.1) is 5.10 Å². The average Bonchev–Trinajstić information content (AvgIpc) is 2.79. The van der Waals surface area contributed by atoms with E-state index in [1.54, 1.807) is 19.2 Å². The molecular weight excluding hydrogens is 218 g/mol. The molecule has 0 saturated carbocycles. The zero-order valence-corrected chi connectivity index (χ0v) is 9.46. The van der Waals surface area contributed by atoms with E-state index >= 15 is 0 Å². The number of carbonyl (C=O) groups is 1. The molecule has 1 aromatic carbocycles. The Bertz CT molecular complexity index is 493. The maximum Gasteiger partial charge on any atom is 0.358 e. The van der Waals surface area contributed by atoms with Gasteiger partial charge in [-0.3, -0.25) is 5.43 Å². The van der Waals surface area contributed by atoms with E-state index in [-0.39, 0.29) is 5.69 Å². The lowest BCUT2D eigenvalue weighted by molar-refractivity contribution is 0.0518. The van der Waals surface area contributed by atoms with Crippen molar-refractivity contribution in [3.05, 3.63) is 48.3 Å². The van der Waals surface area contributed by atoms with Gasteiger partial charge < -0.3 is 4.74 Å². The lowest BCUT2D eigenvalue weighted by Gasteiger charge is -2.04. The van der Waals surface area contributed by atoms with E-state index in [1.165, 1.54) is 4.79 Å². The average molecular weight is 231 g/mol. The van der Waals surface area contributed by atoms with Crippen LogP contribution in [0.3, 0.4) is 0 Å². The Morgan fingerprint density at radius 1 is 1.35 bits per heavy atom. The number of rotatable bonds is 4. The van der Waals surface area contributed by atoms with Gasteiger partial charge in [-0.25, -0.2) is 4.79 Å². The molecule has 2 aromatic rings. The zero-order chi connectivity index (χ0) is 12.1. The molecule has 0 radical (unpaired) electrons. The van der Waals surface area contributed by atoms with Gasteiger partial charge in [-0.2, -0.15) is 4.79 Å². The van der Waals surface area contributed by atoms with Crippen LogP contribution in [-0.4, -0.2) is 22.5 Å². The van der Waals surface area contributed by atoms with Crippen LogP contribution < -0.4 is 5.43 Å². The first-order chi connectivity index (χ1) is 8.29. The SMILES string of the molecule is CCOC(=O)c1ccn(Nc2ccccc2)n1. The largest absolute Gasteiger partial charge is 0.461 e. The summed E-state index contributed by atoms with van der Waals surface area (Å²) >= 11 is 0. The molecule has 0 aliphatic heterocycles. The lowest BCUT2D eigenvalue weighted by atomic mass is 10.3. The number of hydrogen-bond acceptors (Lipinski definition) is 4. The van der Waals surface area contributed by atoms with Crippen LogP contribution >= 0.6 is 0 Å². The van der Waals surface area contributed by atoms with E-state index in [4.69, 9.17) is 4.74 Å². The van der Waals surface area contributed by atoms with E-state index in [2.05, 4.69) is 10.5 Å². The summed E-state index contributed by atoms with van der Waals surface area (Å²) in [5.41, 5.74) is 4.20. The quantitative estimate of drug-likeness (QED) is 0.817. The van der Waals surface area contributed by atoms with Crippen LogP contribution in [0.5, 0.6) is 0 Å². The van der Waals surface area contributed by atoms with Gasteiger partial charge in [0.2, 0.25) is 0 Å². The summed E-state index contributed by atoms with van der Waals surface area (Å²) < 4.78 is 4.85. The number of para-hydroxylation sites is 1. The molecule has 17 heavy (non-hydrogen) atoms. The van der Waals surface area contributed by atoms with Crippen LogP contribution in [0.2, 0.25) is 0 Å². The molecule has 0 aliphatic carbocycles. The van der Waals surface area contributed by atoms with E-state index in [0.717, 1.165) is 5.69 Å². The van der Waals surface area contributed by atoms with E-state index in [1.807, 2.05) is 30.3 Å². The second-order valence-corrected chi connectivity index (χ2v) is 3.34. The highest BCUT2D eigenvalue weighted by Gasteiger charge is 2.09. The fourth-order valence-electron chi connectivity index (χ4n) is 1.35. The van der Waals surface area contributed by atoms with Crippen molar-refractivity contribution in [2.24, 2.45) is 0 Å². The van der Waals surface area contributed by atoms with Gasteiger partial charge in [0.05, 0.1) is 12.3 Å². The number of aromatic nitrogens is 2. The molecule has 0 amide bonds. The normalized spacial score (nSPS) is 9.94. The summed E-state index contributed by atoms with van der Waals surface area (Å²) in [4.78, 5) is 12.9. The third kappa shape index (κ3) is 2.84. The van der Waals surface area contributed by atoms with Gasteiger partial charge >= 0.3 is 5.97 Å². The third-order valence-electron chi connectivity index (χ3n) is 2.09. The fourth-order valence-corrected chi connectivity index (χ4v) is 1.35. The number of carbonyl (C=O) groups excluding carboxylic acids is 1. The molecule has 0 atom stereocenters. The van der Waals surface area contributed by atoms with Gasteiger partial charge in [0.25, 0.3) is 0 Å². The summed E-state index contributed by atoms with van der Waals surface area (Å²) in [7, 11) is 0. The van der Waals surface area contributed by atoms with Crippen LogP contribution in [0.4, 0.5) is 5.69 Å². The molecular formula is C12H13N3O2. The summed E-state index contributed by atoms with van der Waals surface area (Å²) in [5, 5.41) is 4.06. The molecule has 1 aromatic heterocycles. The zero-order valence-electron chi connectivity index (χ0n) is 9.46. The smallest absolute Gasteiger partial charge is 0.358 e. The molecule has 0 bridgehead atoms. The number of ether oxygens (including phenoxy) is 1. The van der Waals surface area contributed by atoms with Crippen molar-refractivity contribution in [1.29, 1.82) is 0 Å². The van der Waals surface area contributed by atoms with Gasteiger partial charge in [0, 0.05) is 6.20 Å². The number of anilines is 1. The minimum atomic E-state index is -0.416. The van der Waals surface area contributed by atoms with Crippen molar-refractivity contribution in [3.8, 4) is 0 Å². The lowest BCUT2D eigenvalue weighted by Crippen LogP contribution is -2.12. The second-order valence-electron chi connectivity index (χ2n) is 3.34. The number of hydrogen-bond donors (Lipinski definition) is 1. The highest BCUT2D eigenvalue weighted by Crippen LogP contribution is 2.06. The number of nitrogens with zero attached hydrogens (tertiary/aromatic N) is 2. The molecule has 1 heterocycles. The van der Waals surface area contributed by atoms with E-state index in [9.17, 15) is 4.79 Å². The highest BCUT2D eigenvalue weighted by atomic mass is 16.5. The summed E-state index contributed by atoms with van der Waals surface area (Å²) in [6, 6.07) is 11.2. The van der Waals surface area contributed by atoms with Crippen LogP contribution in [0, 0.1) is 0 Å². The van der Waals surface area contributed by atoms with Crippen molar-refractivity contribution >= 4 is 11.7 Å². The number of nitrogens with one attached hydrogen (secondary N) is 1. The molecule has 0 spiro atoms. The van der Waals surface area contributed by atoms with Crippen LogP contribution in [0.1, 0.15) is 17.4 Å². The Morgan fingerprint density at radius 2 is 2.12 bits per heavy atom. The van der Waals surface area contributed by atoms with E-state index < -0.39 is 5.97 Å². The fraction of sp³-hybridized carbons (Fsp3) is 0.167. The first-order valence-corrected chi connectivity index (χ1v) is 5.34. The molecule has 2 rings (SSSR count). The van der Waals surface area contributed by atoms with Crippen molar-refractivity contribution in [2.45, 2.75) is 6.92 Å². The van der Waals surface area contributed by atoms with Crippen molar-refractivity contribution in [2.75, 3.05) is 12.0 Å². The molecule has 5 nitrogen and oxygen atoms in total. The Hall–Kier alpha value is -2.30. The Kier molecular flexibility index (Phi) is 3.40. The molecule has 0 fully saturated rings. The number of benzene rings is 1. The number of esters is 1. The predicted molar refractivity (Wildman–Crippen MR) is 63.6 cm³/mol. The Balaban J connectivity index is 2.06. The van der Waals surface area contributed by atoms with Crippen LogP contribution in [-0.2, 0) is 4.74 Å². The summed E-state index contributed by atoms with van der Waals surface area (Å²) in [6.07, 6.45) is 1.67. The van der Waals surface area contributed by atoms with Crippen LogP contribution in [0.25, 0.3) is 0 Å². The van der Waals surface area contributed by atoms with Gasteiger partial charge in [0.1, 0.15) is 0 Å². The molecule has 88 valence electrons. The minimum absolute atomic E-state index is 0.287. The van der Waals surface area contributed by atoms with Crippen molar-refractivity contribution in [3.63, 3.8) is 0 Å². The Labute approximate surface area is 99.0 Å². The second kappa shape index (κ2) is 5.16. The standard InChI is InChI=1S/C12H13N3O2/c1-2-17-12(16)11-8-9-15(14-11)13-10-6-4-3-5-7-10/h3-9,13H,2H2,1H3.